The highest BCUT2D eigenvalue weighted by molar-refractivity contribution is 5.54. The van der Waals surface area contributed by atoms with E-state index in [1.165, 1.54) is 16.5 Å². The number of rotatable bonds is 2. The summed E-state index contributed by atoms with van der Waals surface area (Å²) in [4.78, 5) is 15.7. The first kappa shape index (κ1) is 12.7. The van der Waals surface area contributed by atoms with Crippen LogP contribution in [0.3, 0.4) is 0 Å². The average Bonchev–Trinajstić information content (AvgIpc) is 2.82. The molecule has 1 aromatic carbocycles. The standard InChI is InChI=1S/C13H10N6O2/c1-7-16-12(5-11-17-18-13(20)19(7)11)21-10-3-2-9(15)4-8(10)6-14/h2-5H,15H2,1H3,(H,18,20). The van der Waals surface area contributed by atoms with E-state index in [1.807, 2.05) is 6.07 Å². The summed E-state index contributed by atoms with van der Waals surface area (Å²) >= 11 is 0. The quantitative estimate of drug-likeness (QED) is 0.675. The SMILES string of the molecule is Cc1nc(Oc2ccc(N)cc2C#N)cc2n[nH]c(=O)n12. The Morgan fingerprint density at radius 2 is 2.24 bits per heavy atom. The van der Waals surface area contributed by atoms with Crippen LogP contribution in [-0.4, -0.2) is 19.6 Å². The predicted molar refractivity (Wildman–Crippen MR) is 74.0 cm³/mol. The summed E-state index contributed by atoms with van der Waals surface area (Å²) in [5.41, 5.74) is 6.41. The number of nitrogens with one attached hydrogen (secondary N) is 1. The van der Waals surface area contributed by atoms with Crippen molar-refractivity contribution in [2.24, 2.45) is 0 Å². The maximum atomic E-state index is 11.5. The van der Waals surface area contributed by atoms with Gasteiger partial charge in [-0.25, -0.2) is 14.3 Å². The maximum Gasteiger partial charge on any atom is 0.349 e. The number of H-pyrrole nitrogens is 1. The Morgan fingerprint density at radius 3 is 3.00 bits per heavy atom. The van der Waals surface area contributed by atoms with Crippen molar-refractivity contribution in [2.75, 3.05) is 5.73 Å². The molecule has 0 atom stereocenters. The number of nitrogens with zero attached hydrogens (tertiary/aromatic N) is 4. The largest absolute Gasteiger partial charge is 0.437 e. The maximum absolute atomic E-state index is 11.5. The molecule has 3 rings (SSSR count). The second-order valence-corrected chi connectivity index (χ2v) is 4.33. The molecule has 2 aromatic heterocycles. The summed E-state index contributed by atoms with van der Waals surface area (Å²) in [5.74, 6) is 0.997. The van der Waals surface area contributed by atoms with Gasteiger partial charge in [-0.05, 0) is 25.1 Å². The van der Waals surface area contributed by atoms with Crippen molar-refractivity contribution in [3.63, 3.8) is 0 Å². The molecule has 0 spiro atoms. The van der Waals surface area contributed by atoms with E-state index >= 15 is 0 Å². The molecule has 0 bridgehead atoms. The van der Waals surface area contributed by atoms with E-state index in [1.54, 1.807) is 19.1 Å². The number of hydrogen-bond donors (Lipinski definition) is 2. The van der Waals surface area contributed by atoms with E-state index in [0.29, 0.717) is 28.5 Å². The summed E-state index contributed by atoms with van der Waals surface area (Å²) < 4.78 is 6.92. The van der Waals surface area contributed by atoms with Crippen molar-refractivity contribution >= 4 is 11.3 Å². The van der Waals surface area contributed by atoms with Crippen LogP contribution in [0.4, 0.5) is 5.69 Å². The molecule has 0 radical (unpaired) electrons. The molecule has 8 heteroatoms. The molecular weight excluding hydrogens is 272 g/mol. The molecule has 8 nitrogen and oxygen atoms in total. The first-order valence-corrected chi connectivity index (χ1v) is 6.01. The minimum Gasteiger partial charge on any atom is -0.437 e. The van der Waals surface area contributed by atoms with Crippen LogP contribution in [0, 0.1) is 18.3 Å². The molecule has 0 amide bonds. The second-order valence-electron chi connectivity index (χ2n) is 4.33. The Hall–Kier alpha value is -3.34. The molecule has 0 aliphatic carbocycles. The van der Waals surface area contributed by atoms with Gasteiger partial charge < -0.3 is 10.5 Å². The number of aryl methyl sites for hydroxylation is 1. The minimum atomic E-state index is -0.369. The van der Waals surface area contributed by atoms with Crippen LogP contribution in [-0.2, 0) is 0 Å². The van der Waals surface area contributed by atoms with Crippen molar-refractivity contribution in [2.45, 2.75) is 6.92 Å². The molecule has 0 unspecified atom stereocenters. The lowest BCUT2D eigenvalue weighted by molar-refractivity contribution is 0.458. The molecule has 0 aliphatic rings. The van der Waals surface area contributed by atoms with E-state index in [9.17, 15) is 4.79 Å². The number of hydrogen-bond acceptors (Lipinski definition) is 6. The summed E-state index contributed by atoms with van der Waals surface area (Å²) in [6.07, 6.45) is 0. The smallest absolute Gasteiger partial charge is 0.349 e. The number of ether oxygens (including phenoxy) is 1. The fourth-order valence-corrected chi connectivity index (χ4v) is 1.96. The summed E-state index contributed by atoms with van der Waals surface area (Å²) in [5, 5.41) is 15.3. The van der Waals surface area contributed by atoms with Crippen molar-refractivity contribution < 1.29 is 4.74 Å². The van der Waals surface area contributed by atoms with Crippen LogP contribution in [0.15, 0.2) is 29.1 Å². The van der Waals surface area contributed by atoms with Crippen molar-refractivity contribution in [3.8, 4) is 17.7 Å². The molecule has 3 aromatic rings. The summed E-state index contributed by atoms with van der Waals surface area (Å²) in [6, 6.07) is 8.23. The van der Waals surface area contributed by atoms with E-state index in [0.717, 1.165) is 0 Å². The van der Waals surface area contributed by atoms with E-state index in [4.69, 9.17) is 15.7 Å². The van der Waals surface area contributed by atoms with Crippen LogP contribution in [0.5, 0.6) is 11.6 Å². The first-order valence-electron chi connectivity index (χ1n) is 6.01. The molecule has 104 valence electrons. The van der Waals surface area contributed by atoms with Gasteiger partial charge in [-0.1, -0.05) is 0 Å². The molecule has 0 aliphatic heterocycles. The highest BCUT2D eigenvalue weighted by atomic mass is 16.5. The summed E-state index contributed by atoms with van der Waals surface area (Å²) in [7, 11) is 0. The topological polar surface area (TPSA) is 122 Å². The third-order valence-corrected chi connectivity index (χ3v) is 2.89. The second kappa shape index (κ2) is 4.64. The van der Waals surface area contributed by atoms with Gasteiger partial charge in [0.05, 0.1) is 5.56 Å². The zero-order chi connectivity index (χ0) is 15.0. The van der Waals surface area contributed by atoms with Gasteiger partial charge in [-0.3, -0.25) is 0 Å². The highest BCUT2D eigenvalue weighted by Gasteiger charge is 2.10. The third-order valence-electron chi connectivity index (χ3n) is 2.89. The number of benzene rings is 1. The lowest BCUT2D eigenvalue weighted by Gasteiger charge is -2.08. The van der Waals surface area contributed by atoms with Gasteiger partial charge in [0.25, 0.3) is 0 Å². The van der Waals surface area contributed by atoms with Crippen LogP contribution in [0.1, 0.15) is 11.4 Å². The Balaban J connectivity index is 2.07. The Bertz CT molecular complexity index is 934. The van der Waals surface area contributed by atoms with Crippen molar-refractivity contribution in [3.05, 3.63) is 46.1 Å². The predicted octanol–water partition coefficient (Wildman–Crippen LogP) is 0.972. The zero-order valence-corrected chi connectivity index (χ0v) is 11.0. The van der Waals surface area contributed by atoms with Gasteiger partial charge >= 0.3 is 5.69 Å². The number of nitriles is 1. The molecule has 0 fully saturated rings. The first-order chi connectivity index (χ1) is 10.1. The third kappa shape index (κ3) is 2.17. The molecule has 2 heterocycles. The van der Waals surface area contributed by atoms with Crippen LogP contribution in [0.25, 0.3) is 5.65 Å². The fourth-order valence-electron chi connectivity index (χ4n) is 1.96. The molecule has 3 N–H and O–H groups in total. The Kier molecular flexibility index (Phi) is 2.80. The van der Waals surface area contributed by atoms with Crippen molar-refractivity contribution in [1.82, 2.24) is 19.6 Å². The van der Waals surface area contributed by atoms with Crippen LogP contribution < -0.4 is 16.2 Å². The molecular formula is C13H10N6O2. The lowest BCUT2D eigenvalue weighted by atomic mass is 10.2. The normalized spacial score (nSPS) is 10.5. The highest BCUT2D eigenvalue weighted by Crippen LogP contribution is 2.26. The molecule has 0 saturated carbocycles. The number of nitrogen functional groups attached to an aromatic ring is 1. The lowest BCUT2D eigenvalue weighted by Crippen LogP contribution is -2.13. The summed E-state index contributed by atoms with van der Waals surface area (Å²) in [6.45, 7) is 1.66. The molecule has 21 heavy (non-hydrogen) atoms. The Labute approximate surface area is 118 Å². The number of aromatic amines is 1. The van der Waals surface area contributed by atoms with Gasteiger partial charge in [0.1, 0.15) is 17.6 Å². The monoisotopic (exact) mass is 282 g/mol. The van der Waals surface area contributed by atoms with E-state index in [-0.39, 0.29) is 11.6 Å². The fraction of sp³-hybridized carbons (Fsp3) is 0.0769. The number of aromatic nitrogens is 4. The van der Waals surface area contributed by atoms with Gasteiger partial charge in [0.15, 0.2) is 5.65 Å². The van der Waals surface area contributed by atoms with Crippen molar-refractivity contribution in [1.29, 1.82) is 5.26 Å². The van der Waals surface area contributed by atoms with Crippen LogP contribution >= 0.6 is 0 Å². The number of nitrogens with two attached hydrogens (primary N) is 1. The van der Waals surface area contributed by atoms with Gasteiger partial charge in [0, 0.05) is 11.8 Å². The van der Waals surface area contributed by atoms with E-state index < -0.39 is 0 Å². The van der Waals surface area contributed by atoms with Crippen LogP contribution in [0.2, 0.25) is 0 Å². The molecule has 0 saturated heterocycles. The number of anilines is 1. The zero-order valence-electron chi connectivity index (χ0n) is 11.0. The van der Waals surface area contributed by atoms with E-state index in [2.05, 4.69) is 15.2 Å². The average molecular weight is 282 g/mol. The Morgan fingerprint density at radius 1 is 1.43 bits per heavy atom. The van der Waals surface area contributed by atoms with Gasteiger partial charge in [0.2, 0.25) is 5.88 Å². The minimum absolute atomic E-state index is 0.236. The number of fused-ring (bicyclic) bond motifs is 1. The van der Waals surface area contributed by atoms with Gasteiger partial charge in [-0.15, -0.1) is 0 Å². The van der Waals surface area contributed by atoms with Gasteiger partial charge in [-0.2, -0.15) is 15.3 Å².